The van der Waals surface area contributed by atoms with E-state index in [-0.39, 0.29) is 18.4 Å². The highest BCUT2D eigenvalue weighted by molar-refractivity contribution is 6.32. The Morgan fingerprint density at radius 3 is 2.58 bits per heavy atom. The van der Waals surface area contributed by atoms with Gasteiger partial charge in [-0.3, -0.25) is 0 Å². The maximum Gasteiger partial charge on any atom is 0.222 e. The molecular formula is C12H14Cl2N4O. The maximum atomic E-state index is 6.04. The van der Waals surface area contributed by atoms with Crippen LogP contribution in [0, 0.1) is 6.92 Å². The molecule has 3 N–H and O–H groups in total. The van der Waals surface area contributed by atoms with E-state index in [4.69, 9.17) is 22.1 Å². The molecule has 1 aromatic carbocycles. The number of ether oxygens (including phenoxy) is 1. The van der Waals surface area contributed by atoms with Crippen LogP contribution in [-0.2, 0) is 0 Å². The van der Waals surface area contributed by atoms with Gasteiger partial charge in [-0.15, -0.1) is 12.4 Å². The van der Waals surface area contributed by atoms with Gasteiger partial charge in [-0.05, 0) is 25.1 Å². The highest BCUT2D eigenvalue weighted by Crippen LogP contribution is 2.28. The van der Waals surface area contributed by atoms with E-state index >= 15 is 0 Å². The van der Waals surface area contributed by atoms with Gasteiger partial charge in [-0.25, -0.2) is 4.98 Å². The van der Waals surface area contributed by atoms with Crippen molar-refractivity contribution in [1.82, 2.24) is 9.97 Å². The van der Waals surface area contributed by atoms with E-state index < -0.39 is 0 Å². The van der Waals surface area contributed by atoms with Crippen LogP contribution in [0.2, 0.25) is 5.02 Å². The van der Waals surface area contributed by atoms with Gasteiger partial charge in [-0.2, -0.15) is 4.98 Å². The van der Waals surface area contributed by atoms with Crippen LogP contribution in [0.1, 0.15) is 5.69 Å². The van der Waals surface area contributed by atoms with E-state index in [1.54, 1.807) is 25.3 Å². The SMILES string of the molecule is COc1ccc(Nc2cc(C)nc(N)n2)cc1Cl.Cl. The Bertz CT molecular complexity index is 557. The lowest BCUT2D eigenvalue weighted by atomic mass is 10.3. The first-order valence-electron chi connectivity index (χ1n) is 5.30. The fourth-order valence-electron chi connectivity index (χ4n) is 1.55. The average molecular weight is 301 g/mol. The van der Waals surface area contributed by atoms with Gasteiger partial charge in [-0.1, -0.05) is 11.6 Å². The lowest BCUT2D eigenvalue weighted by Gasteiger charge is -2.09. The summed E-state index contributed by atoms with van der Waals surface area (Å²) in [6.45, 7) is 1.85. The van der Waals surface area contributed by atoms with Gasteiger partial charge in [0.2, 0.25) is 5.95 Å². The van der Waals surface area contributed by atoms with E-state index in [2.05, 4.69) is 15.3 Å². The Morgan fingerprint density at radius 1 is 1.26 bits per heavy atom. The van der Waals surface area contributed by atoms with Crippen LogP contribution in [0.5, 0.6) is 5.75 Å². The molecule has 0 bridgehead atoms. The summed E-state index contributed by atoms with van der Waals surface area (Å²) in [5.41, 5.74) is 7.18. The third kappa shape index (κ3) is 3.87. The van der Waals surface area contributed by atoms with Crippen molar-refractivity contribution < 1.29 is 4.74 Å². The predicted octanol–water partition coefficient (Wildman–Crippen LogP) is 3.19. The standard InChI is InChI=1S/C12H13ClN4O.ClH/c1-7-5-11(17-12(14)15-7)16-8-3-4-10(18-2)9(13)6-8;/h3-6H,1-2H3,(H3,14,15,16,17);1H. The number of nitrogen functional groups attached to an aromatic ring is 1. The number of aryl methyl sites for hydroxylation is 1. The molecule has 0 aliphatic carbocycles. The van der Waals surface area contributed by atoms with Gasteiger partial charge >= 0.3 is 0 Å². The number of benzene rings is 1. The molecule has 2 aromatic rings. The maximum absolute atomic E-state index is 6.04. The molecule has 1 heterocycles. The summed E-state index contributed by atoms with van der Waals surface area (Å²) in [6.07, 6.45) is 0. The summed E-state index contributed by atoms with van der Waals surface area (Å²) in [5, 5.41) is 3.64. The van der Waals surface area contributed by atoms with E-state index in [9.17, 15) is 0 Å². The molecule has 102 valence electrons. The van der Waals surface area contributed by atoms with E-state index in [0.717, 1.165) is 11.4 Å². The van der Waals surface area contributed by atoms with Crippen molar-refractivity contribution in [1.29, 1.82) is 0 Å². The third-order valence-corrected chi connectivity index (χ3v) is 2.59. The van der Waals surface area contributed by atoms with Gasteiger partial charge in [0, 0.05) is 17.4 Å². The molecule has 0 atom stereocenters. The lowest BCUT2D eigenvalue weighted by molar-refractivity contribution is 0.415. The topological polar surface area (TPSA) is 73.1 Å². The van der Waals surface area contributed by atoms with Gasteiger partial charge in [0.25, 0.3) is 0 Å². The van der Waals surface area contributed by atoms with Gasteiger partial charge in [0.15, 0.2) is 0 Å². The Morgan fingerprint density at radius 2 is 2.00 bits per heavy atom. The molecule has 0 aliphatic heterocycles. The van der Waals surface area contributed by atoms with Crippen molar-refractivity contribution in [3.05, 3.63) is 35.0 Å². The largest absolute Gasteiger partial charge is 0.495 e. The van der Waals surface area contributed by atoms with Crippen LogP contribution < -0.4 is 15.8 Å². The first-order chi connectivity index (χ1) is 8.58. The van der Waals surface area contributed by atoms with E-state index in [0.29, 0.717) is 16.6 Å². The van der Waals surface area contributed by atoms with Crippen molar-refractivity contribution in [3.8, 4) is 5.75 Å². The summed E-state index contributed by atoms with van der Waals surface area (Å²) in [6, 6.07) is 7.18. The van der Waals surface area contributed by atoms with Crippen LogP contribution in [-0.4, -0.2) is 17.1 Å². The molecule has 19 heavy (non-hydrogen) atoms. The molecule has 0 aliphatic rings. The molecule has 7 heteroatoms. The van der Waals surface area contributed by atoms with Gasteiger partial charge < -0.3 is 15.8 Å². The van der Waals surface area contributed by atoms with Crippen molar-refractivity contribution >= 4 is 41.5 Å². The number of methoxy groups -OCH3 is 1. The molecule has 0 fully saturated rings. The first kappa shape index (κ1) is 15.3. The lowest BCUT2D eigenvalue weighted by Crippen LogP contribution is -2.01. The number of nitrogens with two attached hydrogens (primary N) is 1. The molecule has 2 rings (SSSR count). The van der Waals surface area contributed by atoms with Crippen LogP contribution >= 0.6 is 24.0 Å². The van der Waals surface area contributed by atoms with Gasteiger partial charge in [0.05, 0.1) is 12.1 Å². The van der Waals surface area contributed by atoms with E-state index in [1.165, 1.54) is 0 Å². The van der Waals surface area contributed by atoms with E-state index in [1.807, 2.05) is 13.0 Å². The monoisotopic (exact) mass is 300 g/mol. The van der Waals surface area contributed by atoms with Crippen LogP contribution in [0.4, 0.5) is 17.5 Å². The molecule has 0 saturated carbocycles. The third-order valence-electron chi connectivity index (χ3n) is 2.30. The Balaban J connectivity index is 0.00000180. The summed E-state index contributed by atoms with van der Waals surface area (Å²) in [5.74, 6) is 1.49. The zero-order valence-corrected chi connectivity index (χ0v) is 12.0. The molecule has 0 amide bonds. The van der Waals surface area contributed by atoms with Crippen LogP contribution in [0.25, 0.3) is 0 Å². The second-order valence-electron chi connectivity index (χ2n) is 3.73. The predicted molar refractivity (Wildman–Crippen MR) is 79.7 cm³/mol. The van der Waals surface area contributed by atoms with Gasteiger partial charge in [0.1, 0.15) is 11.6 Å². The summed E-state index contributed by atoms with van der Waals surface area (Å²) >= 11 is 6.04. The Kier molecular flexibility index (Phi) is 5.20. The molecule has 0 saturated heterocycles. The van der Waals surface area contributed by atoms with Crippen molar-refractivity contribution in [2.24, 2.45) is 0 Å². The minimum absolute atomic E-state index is 0. The summed E-state index contributed by atoms with van der Waals surface area (Å²) in [4.78, 5) is 8.08. The molecular weight excluding hydrogens is 287 g/mol. The average Bonchev–Trinajstić information content (AvgIpc) is 2.27. The van der Waals surface area contributed by atoms with Crippen LogP contribution in [0.3, 0.4) is 0 Å². The minimum atomic E-state index is 0. The number of hydrogen-bond acceptors (Lipinski definition) is 5. The zero-order valence-electron chi connectivity index (χ0n) is 10.5. The number of halogens is 2. The molecule has 0 unspecified atom stereocenters. The Hall–Kier alpha value is -1.72. The minimum Gasteiger partial charge on any atom is -0.495 e. The van der Waals surface area contributed by atoms with Crippen molar-refractivity contribution in [2.75, 3.05) is 18.2 Å². The number of rotatable bonds is 3. The number of hydrogen-bond donors (Lipinski definition) is 2. The van der Waals surface area contributed by atoms with Crippen molar-refractivity contribution in [2.45, 2.75) is 6.92 Å². The number of nitrogens with one attached hydrogen (secondary N) is 1. The second kappa shape index (κ2) is 6.45. The van der Waals surface area contributed by atoms with Crippen LogP contribution in [0.15, 0.2) is 24.3 Å². The zero-order chi connectivity index (χ0) is 13.1. The first-order valence-corrected chi connectivity index (χ1v) is 5.68. The highest BCUT2D eigenvalue weighted by Gasteiger charge is 2.04. The Labute approximate surface area is 122 Å². The number of nitrogens with zero attached hydrogens (tertiary/aromatic N) is 2. The fourth-order valence-corrected chi connectivity index (χ4v) is 1.81. The summed E-state index contributed by atoms with van der Waals surface area (Å²) in [7, 11) is 1.57. The highest BCUT2D eigenvalue weighted by atomic mass is 35.5. The second-order valence-corrected chi connectivity index (χ2v) is 4.13. The smallest absolute Gasteiger partial charge is 0.222 e. The number of aromatic nitrogens is 2. The van der Waals surface area contributed by atoms with Crippen molar-refractivity contribution in [3.63, 3.8) is 0 Å². The number of anilines is 3. The molecule has 0 spiro atoms. The normalized spacial score (nSPS) is 9.63. The summed E-state index contributed by atoms with van der Waals surface area (Å²) < 4.78 is 5.08. The quantitative estimate of drug-likeness (QED) is 0.910. The molecule has 1 aromatic heterocycles. The molecule has 0 radical (unpaired) electrons. The fraction of sp³-hybridized carbons (Fsp3) is 0.167. The molecule has 5 nitrogen and oxygen atoms in total.